The van der Waals surface area contributed by atoms with Crippen molar-refractivity contribution in [2.24, 2.45) is 5.92 Å². The number of rotatable bonds is 1. The van der Waals surface area contributed by atoms with Gasteiger partial charge in [-0.25, -0.2) is 0 Å². The first-order valence-corrected chi connectivity index (χ1v) is 3.71. The zero-order valence-corrected chi connectivity index (χ0v) is 5.88. The summed E-state index contributed by atoms with van der Waals surface area (Å²) in [6, 6.07) is 0. The van der Waals surface area contributed by atoms with Gasteiger partial charge in [0.05, 0.1) is 12.2 Å². The van der Waals surface area contributed by atoms with Crippen LogP contribution in [-0.4, -0.2) is 40.9 Å². The molecule has 2 rings (SSSR count). The molecule has 2 fully saturated rings. The lowest BCUT2D eigenvalue weighted by Crippen LogP contribution is -2.41. The third-order valence-electron chi connectivity index (χ3n) is 2.50. The minimum atomic E-state index is -0.871. The van der Waals surface area contributed by atoms with Gasteiger partial charge < -0.3 is 19.7 Å². The van der Waals surface area contributed by atoms with E-state index in [1.165, 1.54) is 0 Å². The van der Waals surface area contributed by atoms with Crippen molar-refractivity contribution in [3.8, 4) is 0 Å². The van der Waals surface area contributed by atoms with Crippen LogP contribution >= 0.6 is 0 Å². The van der Waals surface area contributed by atoms with Gasteiger partial charge in [0.2, 0.25) is 0 Å². The maximum atomic E-state index is 10.4. The van der Waals surface area contributed by atoms with E-state index in [0.717, 1.165) is 6.29 Å². The molecule has 0 radical (unpaired) electrons. The molecule has 2 aliphatic rings. The van der Waals surface area contributed by atoms with E-state index in [1.807, 2.05) is 0 Å². The molecular formula is C7H10O4. The van der Waals surface area contributed by atoms with E-state index < -0.39 is 18.3 Å². The Morgan fingerprint density at radius 2 is 2.09 bits per heavy atom. The average molecular weight is 158 g/mol. The smallest absolute Gasteiger partial charge is 0.125 e. The molecule has 2 aliphatic heterocycles. The molecule has 5 unspecified atom stereocenters. The van der Waals surface area contributed by atoms with Gasteiger partial charge in [0, 0.05) is 5.92 Å². The summed E-state index contributed by atoms with van der Waals surface area (Å²) < 4.78 is 5.17. The van der Waals surface area contributed by atoms with Crippen molar-refractivity contribution in [1.82, 2.24) is 0 Å². The quantitative estimate of drug-likeness (QED) is 0.465. The van der Waals surface area contributed by atoms with Crippen LogP contribution in [0.4, 0.5) is 0 Å². The summed E-state index contributed by atoms with van der Waals surface area (Å²) in [6.07, 6.45) is -1.12. The zero-order valence-electron chi connectivity index (χ0n) is 5.88. The van der Waals surface area contributed by atoms with Crippen LogP contribution in [0.5, 0.6) is 0 Å². The number of hydrogen-bond donors (Lipinski definition) is 2. The summed E-state index contributed by atoms with van der Waals surface area (Å²) in [4.78, 5) is 10.4. The molecule has 62 valence electrons. The molecular weight excluding hydrogens is 148 g/mol. The largest absolute Gasteiger partial charge is 0.388 e. The van der Waals surface area contributed by atoms with Gasteiger partial charge in [-0.15, -0.1) is 0 Å². The van der Waals surface area contributed by atoms with Crippen LogP contribution in [0.3, 0.4) is 0 Å². The summed E-state index contributed by atoms with van der Waals surface area (Å²) in [5.74, 6) is -0.224. The maximum Gasteiger partial charge on any atom is 0.125 e. The Morgan fingerprint density at radius 3 is 2.55 bits per heavy atom. The molecule has 4 nitrogen and oxygen atoms in total. The molecule has 0 spiro atoms. The molecule has 2 bridgehead atoms. The second-order valence-electron chi connectivity index (χ2n) is 3.16. The van der Waals surface area contributed by atoms with Crippen molar-refractivity contribution >= 4 is 6.29 Å². The van der Waals surface area contributed by atoms with Gasteiger partial charge >= 0.3 is 0 Å². The number of fused-ring (bicyclic) bond motifs is 2. The molecule has 11 heavy (non-hydrogen) atoms. The SMILES string of the molecule is O=CC1CC2OC1C(O)C2O. The van der Waals surface area contributed by atoms with Crippen molar-refractivity contribution < 1.29 is 19.7 Å². The highest BCUT2D eigenvalue weighted by atomic mass is 16.5. The second kappa shape index (κ2) is 2.27. The standard InChI is InChI=1S/C7H10O4/c8-2-3-1-4-5(9)6(10)7(3)11-4/h2-7,9-10H,1H2. The predicted octanol–water partition coefficient (Wildman–Crippen LogP) is -1.31. The molecule has 2 heterocycles. The Kier molecular flexibility index (Phi) is 1.49. The normalized spacial score (nSPS) is 54.9. The maximum absolute atomic E-state index is 10.4. The lowest BCUT2D eigenvalue weighted by molar-refractivity contribution is -0.114. The lowest BCUT2D eigenvalue weighted by Gasteiger charge is -2.22. The van der Waals surface area contributed by atoms with Gasteiger partial charge in [0.1, 0.15) is 18.5 Å². The molecule has 5 atom stereocenters. The molecule has 2 saturated heterocycles. The van der Waals surface area contributed by atoms with E-state index in [0.29, 0.717) is 6.42 Å². The summed E-state index contributed by atoms with van der Waals surface area (Å²) in [6.45, 7) is 0. The highest BCUT2D eigenvalue weighted by Crippen LogP contribution is 2.38. The van der Waals surface area contributed by atoms with E-state index in [4.69, 9.17) is 4.74 Å². The first-order valence-electron chi connectivity index (χ1n) is 3.71. The fraction of sp³-hybridized carbons (Fsp3) is 0.857. The van der Waals surface area contributed by atoms with Gasteiger partial charge in [0.25, 0.3) is 0 Å². The van der Waals surface area contributed by atoms with E-state index in [-0.39, 0.29) is 12.0 Å². The van der Waals surface area contributed by atoms with Crippen LogP contribution in [0, 0.1) is 5.92 Å². The first-order chi connectivity index (χ1) is 5.24. The topological polar surface area (TPSA) is 66.8 Å². The van der Waals surface area contributed by atoms with Gasteiger partial charge in [0.15, 0.2) is 0 Å². The molecule has 0 aromatic carbocycles. The highest BCUT2D eigenvalue weighted by Gasteiger charge is 2.53. The van der Waals surface area contributed by atoms with E-state index in [9.17, 15) is 15.0 Å². The van der Waals surface area contributed by atoms with Gasteiger partial charge in [-0.3, -0.25) is 0 Å². The Balaban J connectivity index is 2.15. The molecule has 0 aliphatic carbocycles. The monoisotopic (exact) mass is 158 g/mol. The van der Waals surface area contributed by atoms with Gasteiger partial charge in [-0.05, 0) is 6.42 Å². The Morgan fingerprint density at radius 1 is 1.36 bits per heavy atom. The van der Waals surface area contributed by atoms with Crippen LogP contribution in [0.25, 0.3) is 0 Å². The Labute approximate surface area is 63.8 Å². The second-order valence-corrected chi connectivity index (χ2v) is 3.16. The van der Waals surface area contributed by atoms with Crippen LogP contribution in [0.1, 0.15) is 6.42 Å². The van der Waals surface area contributed by atoms with E-state index in [2.05, 4.69) is 0 Å². The van der Waals surface area contributed by atoms with Crippen molar-refractivity contribution in [3.63, 3.8) is 0 Å². The molecule has 0 aromatic rings. The number of aliphatic hydroxyl groups is 2. The van der Waals surface area contributed by atoms with Crippen molar-refractivity contribution in [2.75, 3.05) is 0 Å². The number of aldehydes is 1. The van der Waals surface area contributed by atoms with Gasteiger partial charge in [-0.2, -0.15) is 0 Å². The fourth-order valence-electron chi connectivity index (χ4n) is 1.86. The minimum absolute atomic E-state index is 0.224. The highest BCUT2D eigenvalue weighted by molar-refractivity contribution is 5.56. The summed E-state index contributed by atoms with van der Waals surface area (Å²) in [5, 5.41) is 18.5. The number of carbonyl (C=O) groups is 1. The molecule has 0 saturated carbocycles. The average Bonchev–Trinajstić information content (AvgIpc) is 2.53. The predicted molar refractivity (Wildman–Crippen MR) is 34.8 cm³/mol. The van der Waals surface area contributed by atoms with Crippen molar-refractivity contribution in [1.29, 1.82) is 0 Å². The number of aliphatic hydroxyl groups excluding tert-OH is 2. The number of hydrogen-bond acceptors (Lipinski definition) is 4. The Bertz CT molecular complexity index is 179. The van der Waals surface area contributed by atoms with Gasteiger partial charge in [-0.1, -0.05) is 0 Å². The van der Waals surface area contributed by atoms with E-state index in [1.54, 1.807) is 0 Å². The third kappa shape index (κ3) is 0.834. The molecule has 4 heteroatoms. The number of carbonyl (C=O) groups excluding carboxylic acids is 1. The Hall–Kier alpha value is -0.450. The van der Waals surface area contributed by atoms with Crippen LogP contribution in [0.2, 0.25) is 0 Å². The first kappa shape index (κ1) is 7.21. The van der Waals surface area contributed by atoms with Crippen LogP contribution in [0.15, 0.2) is 0 Å². The summed E-state index contributed by atoms with van der Waals surface area (Å²) >= 11 is 0. The fourth-order valence-corrected chi connectivity index (χ4v) is 1.86. The molecule has 0 aromatic heterocycles. The van der Waals surface area contributed by atoms with E-state index >= 15 is 0 Å². The van der Waals surface area contributed by atoms with Crippen molar-refractivity contribution in [3.05, 3.63) is 0 Å². The zero-order chi connectivity index (χ0) is 8.01. The number of ether oxygens (including phenoxy) is 1. The van der Waals surface area contributed by atoms with Crippen molar-refractivity contribution in [2.45, 2.75) is 30.8 Å². The molecule has 2 N–H and O–H groups in total. The summed E-state index contributed by atoms with van der Waals surface area (Å²) in [5.41, 5.74) is 0. The third-order valence-corrected chi connectivity index (χ3v) is 2.50. The minimum Gasteiger partial charge on any atom is -0.388 e. The summed E-state index contributed by atoms with van der Waals surface area (Å²) in [7, 11) is 0. The van der Waals surface area contributed by atoms with Crippen LogP contribution in [-0.2, 0) is 9.53 Å². The van der Waals surface area contributed by atoms with Crippen LogP contribution < -0.4 is 0 Å². The molecule has 0 amide bonds. The lowest BCUT2D eigenvalue weighted by atomic mass is 9.86.